The van der Waals surface area contributed by atoms with Gasteiger partial charge in [0.05, 0.1) is 19.1 Å². The molecule has 98 valence electrons. The molecule has 1 atom stereocenters. The number of amides is 1. The number of fused-ring (bicyclic) bond motifs is 1. The molecule has 1 aliphatic heterocycles. The van der Waals surface area contributed by atoms with Crippen LogP contribution in [0.15, 0.2) is 33.5 Å². The van der Waals surface area contributed by atoms with Gasteiger partial charge >= 0.3 is 5.63 Å². The van der Waals surface area contributed by atoms with E-state index >= 15 is 0 Å². The second-order valence-electron chi connectivity index (χ2n) is 4.79. The molecule has 3 rings (SSSR count). The van der Waals surface area contributed by atoms with Crippen LogP contribution in [-0.4, -0.2) is 23.7 Å². The van der Waals surface area contributed by atoms with Crippen LogP contribution in [0.1, 0.15) is 12.0 Å². The summed E-state index contributed by atoms with van der Waals surface area (Å²) >= 11 is 0. The lowest BCUT2D eigenvalue weighted by atomic mass is 10.1. The van der Waals surface area contributed by atoms with Gasteiger partial charge in [0.15, 0.2) is 0 Å². The summed E-state index contributed by atoms with van der Waals surface area (Å²) < 4.78 is 5.15. The van der Waals surface area contributed by atoms with Crippen LogP contribution in [-0.2, 0) is 4.79 Å². The minimum atomic E-state index is -0.632. The number of hydrogen-bond acceptors (Lipinski definition) is 4. The molecule has 1 amide bonds. The average molecular weight is 259 g/mol. The van der Waals surface area contributed by atoms with Crippen LogP contribution in [0, 0.1) is 6.92 Å². The second kappa shape index (κ2) is 4.20. The summed E-state index contributed by atoms with van der Waals surface area (Å²) in [6.07, 6.45) is -0.497. The Hall–Kier alpha value is -2.14. The van der Waals surface area contributed by atoms with E-state index in [-0.39, 0.29) is 18.9 Å². The molecule has 5 nitrogen and oxygen atoms in total. The largest absolute Gasteiger partial charge is 0.423 e. The van der Waals surface area contributed by atoms with Crippen molar-refractivity contribution in [3.05, 3.63) is 40.2 Å². The van der Waals surface area contributed by atoms with Crippen LogP contribution in [0.25, 0.3) is 11.0 Å². The number of carbonyl (C=O) groups excluding carboxylic acids is 1. The molecule has 1 aromatic heterocycles. The summed E-state index contributed by atoms with van der Waals surface area (Å²) in [5.41, 5.74) is 1.53. The molecule has 19 heavy (non-hydrogen) atoms. The Morgan fingerprint density at radius 1 is 1.32 bits per heavy atom. The molecule has 0 aliphatic carbocycles. The number of anilines is 1. The van der Waals surface area contributed by atoms with Crippen molar-refractivity contribution in [1.29, 1.82) is 0 Å². The SMILES string of the molecule is Cc1cc(=O)oc2cc(N3CC(O)CC3=O)ccc12. The van der Waals surface area contributed by atoms with Crippen molar-refractivity contribution in [3.8, 4) is 0 Å². The number of rotatable bonds is 1. The number of hydrogen-bond donors (Lipinski definition) is 1. The van der Waals surface area contributed by atoms with Gasteiger partial charge in [-0.05, 0) is 24.6 Å². The zero-order chi connectivity index (χ0) is 13.6. The lowest BCUT2D eigenvalue weighted by molar-refractivity contribution is -0.117. The molecule has 1 aromatic carbocycles. The van der Waals surface area contributed by atoms with Gasteiger partial charge in [0, 0.05) is 23.2 Å². The first kappa shape index (κ1) is 11.9. The third-order valence-corrected chi connectivity index (χ3v) is 3.35. The van der Waals surface area contributed by atoms with Crippen molar-refractivity contribution in [1.82, 2.24) is 0 Å². The van der Waals surface area contributed by atoms with Gasteiger partial charge in [0.1, 0.15) is 5.58 Å². The van der Waals surface area contributed by atoms with Crippen LogP contribution in [0.5, 0.6) is 0 Å². The number of carbonyl (C=O) groups is 1. The lowest BCUT2D eigenvalue weighted by Gasteiger charge is -2.16. The molecule has 1 aliphatic rings. The first-order chi connectivity index (χ1) is 9.04. The normalized spacial score (nSPS) is 19.4. The van der Waals surface area contributed by atoms with Crippen molar-refractivity contribution in [2.75, 3.05) is 11.4 Å². The van der Waals surface area contributed by atoms with Gasteiger partial charge in [-0.1, -0.05) is 0 Å². The first-order valence-corrected chi connectivity index (χ1v) is 6.07. The molecular weight excluding hydrogens is 246 g/mol. The average Bonchev–Trinajstić information content (AvgIpc) is 2.67. The predicted octanol–water partition coefficient (Wildman–Crippen LogP) is 1.20. The van der Waals surface area contributed by atoms with Crippen LogP contribution >= 0.6 is 0 Å². The topological polar surface area (TPSA) is 70.8 Å². The summed E-state index contributed by atoms with van der Waals surface area (Å²) in [5.74, 6) is -0.123. The summed E-state index contributed by atoms with van der Waals surface area (Å²) in [6, 6.07) is 6.72. The standard InChI is InChI=1S/C14H13NO4/c1-8-4-14(18)19-12-5-9(2-3-11(8)12)15-7-10(16)6-13(15)17/h2-5,10,16H,6-7H2,1H3. The van der Waals surface area contributed by atoms with Crippen LogP contribution < -0.4 is 10.5 Å². The smallest absolute Gasteiger partial charge is 0.336 e. The molecular formula is C14H13NO4. The van der Waals surface area contributed by atoms with Crippen LogP contribution in [0.2, 0.25) is 0 Å². The number of aryl methyl sites for hydroxylation is 1. The highest BCUT2D eigenvalue weighted by atomic mass is 16.4. The summed E-state index contributed by atoms with van der Waals surface area (Å²) in [4.78, 5) is 24.6. The molecule has 1 saturated heterocycles. The molecule has 2 aromatic rings. The van der Waals surface area contributed by atoms with E-state index in [0.29, 0.717) is 11.3 Å². The molecule has 0 saturated carbocycles. The molecule has 0 spiro atoms. The number of aliphatic hydroxyl groups excluding tert-OH is 1. The maximum absolute atomic E-state index is 11.7. The van der Waals surface area contributed by atoms with Gasteiger partial charge in [-0.15, -0.1) is 0 Å². The van der Waals surface area contributed by atoms with Gasteiger partial charge in [-0.3, -0.25) is 4.79 Å². The van der Waals surface area contributed by atoms with E-state index in [1.165, 1.54) is 11.0 Å². The zero-order valence-electron chi connectivity index (χ0n) is 10.4. The summed E-state index contributed by atoms with van der Waals surface area (Å²) in [7, 11) is 0. The van der Waals surface area contributed by atoms with Gasteiger partial charge in [-0.25, -0.2) is 4.79 Å². The van der Waals surface area contributed by atoms with Crippen molar-refractivity contribution < 1.29 is 14.3 Å². The third kappa shape index (κ3) is 2.02. The van der Waals surface area contributed by atoms with E-state index in [4.69, 9.17) is 4.42 Å². The highest BCUT2D eigenvalue weighted by Gasteiger charge is 2.29. The molecule has 0 bridgehead atoms. The molecule has 2 heterocycles. The minimum absolute atomic E-state index is 0.123. The minimum Gasteiger partial charge on any atom is -0.423 e. The fourth-order valence-corrected chi connectivity index (χ4v) is 2.42. The Bertz CT molecular complexity index is 719. The number of benzene rings is 1. The van der Waals surface area contributed by atoms with E-state index in [1.54, 1.807) is 12.1 Å². The highest BCUT2D eigenvalue weighted by Crippen LogP contribution is 2.26. The molecule has 1 N–H and O–H groups in total. The number of β-amino-alcohol motifs (C(OH)–C–C–N with tert-alkyl or cyclic N) is 1. The van der Waals surface area contributed by atoms with Crippen molar-refractivity contribution >= 4 is 22.6 Å². The fraction of sp³-hybridized carbons (Fsp3) is 0.286. The Balaban J connectivity index is 2.12. The van der Waals surface area contributed by atoms with Gasteiger partial charge in [0.25, 0.3) is 0 Å². The van der Waals surface area contributed by atoms with Gasteiger partial charge < -0.3 is 14.4 Å². The van der Waals surface area contributed by atoms with E-state index in [2.05, 4.69) is 0 Å². The second-order valence-corrected chi connectivity index (χ2v) is 4.79. The zero-order valence-corrected chi connectivity index (χ0v) is 10.4. The Labute approximate surface area is 109 Å². The number of aliphatic hydroxyl groups is 1. The molecule has 0 radical (unpaired) electrons. The first-order valence-electron chi connectivity index (χ1n) is 6.07. The highest BCUT2D eigenvalue weighted by molar-refractivity contribution is 5.98. The third-order valence-electron chi connectivity index (χ3n) is 3.35. The summed E-state index contributed by atoms with van der Waals surface area (Å²) in [5, 5.41) is 10.3. The van der Waals surface area contributed by atoms with Crippen molar-refractivity contribution in [3.63, 3.8) is 0 Å². The van der Waals surface area contributed by atoms with Crippen molar-refractivity contribution in [2.24, 2.45) is 0 Å². The van der Waals surface area contributed by atoms with E-state index in [1.807, 2.05) is 13.0 Å². The Morgan fingerprint density at radius 3 is 2.79 bits per heavy atom. The van der Waals surface area contributed by atoms with E-state index < -0.39 is 11.7 Å². The van der Waals surface area contributed by atoms with E-state index in [0.717, 1.165) is 10.9 Å². The quantitative estimate of drug-likeness (QED) is 0.781. The monoisotopic (exact) mass is 259 g/mol. The number of nitrogens with zero attached hydrogens (tertiary/aromatic N) is 1. The fourth-order valence-electron chi connectivity index (χ4n) is 2.42. The maximum atomic E-state index is 11.7. The lowest BCUT2D eigenvalue weighted by Crippen LogP contribution is -2.25. The molecule has 1 fully saturated rings. The van der Waals surface area contributed by atoms with Crippen molar-refractivity contribution in [2.45, 2.75) is 19.4 Å². The van der Waals surface area contributed by atoms with E-state index in [9.17, 15) is 14.7 Å². The predicted molar refractivity (Wildman–Crippen MR) is 70.2 cm³/mol. The Kier molecular flexibility index (Phi) is 2.64. The molecule has 1 unspecified atom stereocenters. The van der Waals surface area contributed by atoms with Gasteiger partial charge in [-0.2, -0.15) is 0 Å². The molecule has 5 heteroatoms. The summed E-state index contributed by atoms with van der Waals surface area (Å²) in [6.45, 7) is 2.12. The van der Waals surface area contributed by atoms with Crippen LogP contribution in [0.3, 0.4) is 0 Å². The Morgan fingerprint density at radius 2 is 2.11 bits per heavy atom. The van der Waals surface area contributed by atoms with Gasteiger partial charge in [0.2, 0.25) is 5.91 Å². The van der Waals surface area contributed by atoms with Crippen LogP contribution in [0.4, 0.5) is 5.69 Å². The maximum Gasteiger partial charge on any atom is 0.336 e.